The number of allylic oxidation sites excluding steroid dienone is 2. The lowest BCUT2D eigenvalue weighted by molar-refractivity contribution is -0.143. The third kappa shape index (κ3) is 2.54. The minimum atomic E-state index is -1.09. The Hall–Kier alpha value is -2.61. The van der Waals surface area contributed by atoms with E-state index in [4.69, 9.17) is 5.11 Å². The van der Waals surface area contributed by atoms with E-state index in [-0.39, 0.29) is 18.2 Å². The van der Waals surface area contributed by atoms with Crippen LogP contribution in [0.25, 0.3) is 0 Å². The summed E-state index contributed by atoms with van der Waals surface area (Å²) in [7, 11) is 0. The third-order valence-corrected chi connectivity index (χ3v) is 3.44. The Balaban J connectivity index is 2.44. The predicted octanol–water partition coefficient (Wildman–Crippen LogP) is 1.88. The lowest BCUT2D eigenvalue weighted by atomic mass is 9.84. The molecule has 0 bridgehead atoms. The minimum Gasteiger partial charge on any atom is -0.480 e. The van der Waals surface area contributed by atoms with Gasteiger partial charge in [0.1, 0.15) is 6.54 Å². The highest BCUT2D eigenvalue weighted by atomic mass is 16.4. The van der Waals surface area contributed by atoms with Crippen molar-refractivity contribution in [1.29, 1.82) is 5.26 Å². The maximum Gasteiger partial charge on any atom is 0.323 e. The number of hydrogen-bond acceptors (Lipinski definition) is 3. The molecule has 0 saturated carbocycles. The minimum absolute atomic E-state index is 0.123. The lowest BCUT2D eigenvalue weighted by Gasteiger charge is -2.31. The Labute approximate surface area is 116 Å². The van der Waals surface area contributed by atoms with Gasteiger partial charge in [0.05, 0.1) is 11.6 Å². The number of carboxylic acid groups (broad SMARTS) is 1. The highest BCUT2D eigenvalue weighted by Gasteiger charge is 2.33. The van der Waals surface area contributed by atoms with Crippen LogP contribution >= 0.6 is 0 Å². The molecule has 0 spiro atoms. The number of nitriles is 1. The van der Waals surface area contributed by atoms with Gasteiger partial charge in [-0.2, -0.15) is 5.26 Å². The first-order valence-electron chi connectivity index (χ1n) is 6.22. The number of aliphatic carboxylic acids is 1. The number of nitrogens with zero attached hydrogens (tertiary/aromatic N) is 2. The zero-order valence-electron chi connectivity index (χ0n) is 11.0. The van der Waals surface area contributed by atoms with Crippen molar-refractivity contribution < 1.29 is 14.7 Å². The van der Waals surface area contributed by atoms with Gasteiger partial charge in [0.2, 0.25) is 5.91 Å². The summed E-state index contributed by atoms with van der Waals surface area (Å²) in [5.74, 6) is -1.65. The fraction of sp³-hybridized carbons (Fsp3) is 0.267. The molecular weight excluding hydrogens is 256 g/mol. The van der Waals surface area contributed by atoms with Crippen LogP contribution in [0.5, 0.6) is 0 Å². The summed E-state index contributed by atoms with van der Waals surface area (Å²) in [6, 6.07) is 11.4. The van der Waals surface area contributed by atoms with Crippen molar-refractivity contribution >= 4 is 11.9 Å². The molecule has 20 heavy (non-hydrogen) atoms. The van der Waals surface area contributed by atoms with Crippen LogP contribution in [0, 0.1) is 11.3 Å². The smallest absolute Gasteiger partial charge is 0.323 e. The SMILES string of the molecule is CC1=C(C#N)C(c2ccccc2)CC(=O)N1CC(=O)O. The van der Waals surface area contributed by atoms with Gasteiger partial charge in [0.25, 0.3) is 0 Å². The summed E-state index contributed by atoms with van der Waals surface area (Å²) in [5, 5.41) is 18.2. The predicted molar refractivity (Wildman–Crippen MR) is 71.5 cm³/mol. The monoisotopic (exact) mass is 270 g/mol. The van der Waals surface area contributed by atoms with Crippen molar-refractivity contribution in [1.82, 2.24) is 4.90 Å². The van der Waals surface area contributed by atoms with Gasteiger partial charge in [0, 0.05) is 18.0 Å². The van der Waals surface area contributed by atoms with Gasteiger partial charge < -0.3 is 10.0 Å². The highest BCUT2D eigenvalue weighted by Crippen LogP contribution is 2.35. The van der Waals surface area contributed by atoms with Gasteiger partial charge in [0.15, 0.2) is 0 Å². The standard InChI is InChI=1S/C15H14N2O3/c1-10-13(8-16)12(11-5-3-2-4-6-11)7-14(18)17(10)9-15(19)20/h2-6,12H,7,9H2,1H3,(H,19,20). The summed E-state index contributed by atoms with van der Waals surface area (Å²) in [6.45, 7) is 1.21. The molecule has 1 aliphatic rings. The zero-order valence-corrected chi connectivity index (χ0v) is 11.0. The Morgan fingerprint density at radius 3 is 2.65 bits per heavy atom. The fourth-order valence-electron chi connectivity index (χ4n) is 2.44. The van der Waals surface area contributed by atoms with Gasteiger partial charge in [-0.15, -0.1) is 0 Å². The van der Waals surface area contributed by atoms with E-state index in [2.05, 4.69) is 6.07 Å². The van der Waals surface area contributed by atoms with E-state index in [0.717, 1.165) is 5.56 Å². The number of hydrogen-bond donors (Lipinski definition) is 1. The average molecular weight is 270 g/mol. The van der Waals surface area contributed by atoms with E-state index in [1.165, 1.54) is 4.90 Å². The van der Waals surface area contributed by atoms with Crippen LogP contribution in [-0.2, 0) is 9.59 Å². The molecule has 0 saturated heterocycles. The second kappa shape index (κ2) is 5.57. The van der Waals surface area contributed by atoms with E-state index >= 15 is 0 Å². The van der Waals surface area contributed by atoms with Crippen LogP contribution in [0.3, 0.4) is 0 Å². The molecule has 1 heterocycles. The quantitative estimate of drug-likeness (QED) is 0.909. The third-order valence-electron chi connectivity index (χ3n) is 3.44. The first-order valence-corrected chi connectivity index (χ1v) is 6.22. The Kier molecular flexibility index (Phi) is 3.85. The first-order chi connectivity index (χ1) is 9.54. The van der Waals surface area contributed by atoms with Gasteiger partial charge in [-0.3, -0.25) is 9.59 Å². The number of carbonyl (C=O) groups is 2. The van der Waals surface area contributed by atoms with Crippen LogP contribution in [0.2, 0.25) is 0 Å². The fourth-order valence-corrected chi connectivity index (χ4v) is 2.44. The molecule has 0 fully saturated rings. The van der Waals surface area contributed by atoms with E-state index in [1.54, 1.807) is 6.92 Å². The van der Waals surface area contributed by atoms with E-state index in [9.17, 15) is 14.9 Å². The molecule has 0 radical (unpaired) electrons. The van der Waals surface area contributed by atoms with Crippen molar-refractivity contribution in [3.63, 3.8) is 0 Å². The Morgan fingerprint density at radius 2 is 2.10 bits per heavy atom. The van der Waals surface area contributed by atoms with Crippen molar-refractivity contribution in [2.45, 2.75) is 19.3 Å². The molecule has 102 valence electrons. The summed E-state index contributed by atoms with van der Waals surface area (Å²) in [6.07, 6.45) is 0.123. The highest BCUT2D eigenvalue weighted by molar-refractivity contribution is 5.86. The molecule has 1 atom stereocenters. The van der Waals surface area contributed by atoms with Gasteiger partial charge in [-0.05, 0) is 12.5 Å². The van der Waals surface area contributed by atoms with Gasteiger partial charge >= 0.3 is 5.97 Å². The Morgan fingerprint density at radius 1 is 1.45 bits per heavy atom. The molecular formula is C15H14N2O3. The normalized spacial score (nSPS) is 18.9. The molecule has 1 N–H and O–H groups in total. The van der Waals surface area contributed by atoms with E-state index in [0.29, 0.717) is 11.3 Å². The molecule has 1 aromatic carbocycles. The maximum absolute atomic E-state index is 12.1. The van der Waals surface area contributed by atoms with Crippen LogP contribution in [0.1, 0.15) is 24.8 Å². The number of benzene rings is 1. The topological polar surface area (TPSA) is 81.4 Å². The summed E-state index contributed by atoms with van der Waals surface area (Å²) in [4.78, 5) is 24.1. The average Bonchev–Trinajstić information content (AvgIpc) is 2.43. The Bertz CT molecular complexity index is 614. The molecule has 2 rings (SSSR count). The number of carbonyl (C=O) groups excluding carboxylic acids is 1. The molecule has 1 aliphatic heterocycles. The van der Waals surface area contributed by atoms with E-state index < -0.39 is 12.5 Å². The lowest BCUT2D eigenvalue weighted by Crippen LogP contribution is -2.39. The van der Waals surface area contributed by atoms with Crippen molar-refractivity contribution in [2.24, 2.45) is 0 Å². The first kappa shape index (κ1) is 13.8. The second-order valence-electron chi connectivity index (χ2n) is 4.65. The maximum atomic E-state index is 12.1. The molecule has 1 amide bonds. The van der Waals surface area contributed by atoms with Gasteiger partial charge in [-0.1, -0.05) is 30.3 Å². The molecule has 5 heteroatoms. The van der Waals surface area contributed by atoms with Crippen LogP contribution in [0.4, 0.5) is 0 Å². The molecule has 5 nitrogen and oxygen atoms in total. The summed E-state index contributed by atoms with van der Waals surface area (Å²) < 4.78 is 0. The summed E-state index contributed by atoms with van der Waals surface area (Å²) in [5.41, 5.74) is 1.78. The second-order valence-corrected chi connectivity index (χ2v) is 4.65. The van der Waals surface area contributed by atoms with Crippen LogP contribution in [0.15, 0.2) is 41.6 Å². The molecule has 1 aromatic rings. The molecule has 0 aromatic heterocycles. The van der Waals surface area contributed by atoms with Crippen molar-refractivity contribution in [2.75, 3.05) is 6.54 Å². The number of amides is 1. The van der Waals surface area contributed by atoms with Crippen LogP contribution < -0.4 is 0 Å². The zero-order chi connectivity index (χ0) is 14.7. The van der Waals surface area contributed by atoms with Crippen molar-refractivity contribution in [3.05, 3.63) is 47.2 Å². The van der Waals surface area contributed by atoms with Crippen molar-refractivity contribution in [3.8, 4) is 6.07 Å². The molecule has 0 aliphatic carbocycles. The largest absolute Gasteiger partial charge is 0.480 e. The number of carboxylic acids is 1. The summed E-state index contributed by atoms with van der Waals surface area (Å²) >= 11 is 0. The molecule has 1 unspecified atom stereocenters. The van der Waals surface area contributed by atoms with Gasteiger partial charge in [-0.25, -0.2) is 0 Å². The van der Waals surface area contributed by atoms with Crippen LogP contribution in [-0.4, -0.2) is 28.4 Å². The number of rotatable bonds is 3. The van der Waals surface area contributed by atoms with E-state index in [1.807, 2.05) is 30.3 Å².